The Morgan fingerprint density at radius 3 is 2.57 bits per heavy atom. The van der Waals surface area contributed by atoms with Crippen LogP contribution in [0.5, 0.6) is 5.75 Å². The van der Waals surface area contributed by atoms with Crippen LogP contribution >= 0.6 is 39.7 Å². The van der Waals surface area contributed by atoms with Crippen LogP contribution in [0.1, 0.15) is 28.4 Å². The molecule has 176 valence electrons. The number of carbonyl (C=O) groups excluding carboxylic acids is 1. The Kier molecular flexibility index (Phi) is 5.59. The average Bonchev–Trinajstić information content (AvgIpc) is 3.34. The first kappa shape index (κ1) is 22.6. The Morgan fingerprint density at radius 2 is 1.86 bits per heavy atom. The number of carbonyl (C=O) groups is 1. The molecule has 2 aliphatic rings. The van der Waals surface area contributed by atoms with Crippen molar-refractivity contribution in [1.82, 2.24) is 14.8 Å². The zero-order valence-electron chi connectivity index (χ0n) is 18.8. The van der Waals surface area contributed by atoms with E-state index in [1.54, 1.807) is 12.0 Å². The lowest BCUT2D eigenvalue weighted by Crippen LogP contribution is -2.44. The number of amides is 1. The maximum atomic E-state index is 13.8. The number of aromatic nitrogens is 1. The van der Waals surface area contributed by atoms with Crippen LogP contribution in [0.25, 0.3) is 10.9 Å². The third kappa shape index (κ3) is 3.73. The lowest BCUT2D eigenvalue weighted by Gasteiger charge is -2.37. The highest BCUT2D eigenvalue weighted by molar-refractivity contribution is 9.10. The Morgan fingerprint density at radius 1 is 1.11 bits per heavy atom. The number of aromatic amines is 1. The second-order valence-electron chi connectivity index (χ2n) is 8.84. The summed E-state index contributed by atoms with van der Waals surface area (Å²) in [6, 6.07) is 21.2. The molecule has 8 heteroatoms. The van der Waals surface area contributed by atoms with Crippen LogP contribution in [0.2, 0.25) is 5.02 Å². The third-order valence-electron chi connectivity index (χ3n) is 6.87. The van der Waals surface area contributed by atoms with Crippen molar-refractivity contribution in [2.24, 2.45) is 0 Å². The van der Waals surface area contributed by atoms with E-state index >= 15 is 0 Å². The first-order chi connectivity index (χ1) is 16.9. The highest BCUT2D eigenvalue weighted by Crippen LogP contribution is 2.45. The third-order valence-corrected chi connectivity index (χ3v) is 8.05. The van der Waals surface area contributed by atoms with Crippen molar-refractivity contribution in [3.05, 3.63) is 98.6 Å². The molecule has 1 amide bonds. The lowest BCUT2D eigenvalue weighted by molar-refractivity contribution is -0.128. The van der Waals surface area contributed by atoms with Crippen molar-refractivity contribution in [3.8, 4) is 5.75 Å². The molecule has 1 N–H and O–H groups in total. The highest BCUT2D eigenvalue weighted by Gasteiger charge is 2.50. The van der Waals surface area contributed by atoms with Crippen molar-refractivity contribution < 1.29 is 9.53 Å². The monoisotopic (exact) mass is 565 g/mol. The summed E-state index contributed by atoms with van der Waals surface area (Å²) in [5.41, 5.74) is 5.31. The number of halogens is 2. The van der Waals surface area contributed by atoms with E-state index in [0.29, 0.717) is 23.1 Å². The molecule has 0 spiro atoms. The number of H-pyrrole nitrogens is 1. The molecule has 1 saturated heterocycles. The van der Waals surface area contributed by atoms with Gasteiger partial charge in [0.1, 0.15) is 11.8 Å². The van der Waals surface area contributed by atoms with Crippen LogP contribution in [0.4, 0.5) is 0 Å². The quantitative estimate of drug-likeness (QED) is 0.297. The molecule has 0 radical (unpaired) electrons. The molecule has 0 aliphatic carbocycles. The van der Waals surface area contributed by atoms with E-state index in [1.165, 1.54) is 0 Å². The SMILES string of the molecule is COc1ccc(C2c3[nH]c4ccc(Br)cc4c3CC3C(=O)N(Cc4ccc(Cl)cc4)C(=S)N32)cc1. The van der Waals surface area contributed by atoms with E-state index in [9.17, 15) is 4.79 Å². The molecule has 2 atom stereocenters. The van der Waals surface area contributed by atoms with E-state index in [4.69, 9.17) is 28.6 Å². The number of hydrogen-bond acceptors (Lipinski definition) is 3. The van der Waals surface area contributed by atoms with Crippen molar-refractivity contribution in [3.63, 3.8) is 0 Å². The van der Waals surface area contributed by atoms with Gasteiger partial charge in [0.25, 0.3) is 5.91 Å². The molecule has 3 heterocycles. The van der Waals surface area contributed by atoms with Crippen molar-refractivity contribution in [2.75, 3.05) is 7.11 Å². The summed E-state index contributed by atoms with van der Waals surface area (Å²) in [5, 5.41) is 2.33. The maximum absolute atomic E-state index is 13.8. The van der Waals surface area contributed by atoms with Gasteiger partial charge in [-0.05, 0) is 71.4 Å². The summed E-state index contributed by atoms with van der Waals surface area (Å²) in [7, 11) is 1.65. The second-order valence-corrected chi connectivity index (χ2v) is 10.6. The van der Waals surface area contributed by atoms with Gasteiger partial charge >= 0.3 is 0 Å². The van der Waals surface area contributed by atoms with Gasteiger partial charge in [-0.3, -0.25) is 9.69 Å². The van der Waals surface area contributed by atoms with Gasteiger partial charge in [-0.2, -0.15) is 0 Å². The predicted molar refractivity (Wildman–Crippen MR) is 145 cm³/mol. The van der Waals surface area contributed by atoms with Gasteiger partial charge in [-0.1, -0.05) is 51.8 Å². The number of benzene rings is 3. The molecular weight excluding hydrogens is 546 g/mol. The summed E-state index contributed by atoms with van der Waals surface area (Å²) in [6.07, 6.45) is 0.592. The minimum atomic E-state index is -0.368. The van der Waals surface area contributed by atoms with E-state index < -0.39 is 0 Å². The molecule has 3 aromatic carbocycles. The van der Waals surface area contributed by atoms with Gasteiger partial charge in [-0.15, -0.1) is 0 Å². The van der Waals surface area contributed by atoms with Gasteiger partial charge in [0.15, 0.2) is 5.11 Å². The van der Waals surface area contributed by atoms with E-state index in [0.717, 1.165) is 43.5 Å². The molecular formula is C27H21BrClN3O2S. The van der Waals surface area contributed by atoms with E-state index in [-0.39, 0.29) is 18.0 Å². The Balaban J connectivity index is 1.47. The fourth-order valence-electron chi connectivity index (χ4n) is 5.20. The number of hydrogen-bond donors (Lipinski definition) is 1. The predicted octanol–water partition coefficient (Wildman–Crippen LogP) is 6.24. The summed E-state index contributed by atoms with van der Waals surface area (Å²) >= 11 is 15.6. The fraction of sp³-hybridized carbons (Fsp3) is 0.185. The van der Waals surface area contributed by atoms with Gasteiger partial charge in [0, 0.05) is 32.5 Å². The number of rotatable bonds is 4. The minimum absolute atomic E-state index is 0.0264. The van der Waals surface area contributed by atoms with Crippen LogP contribution in [-0.4, -0.2) is 39.0 Å². The maximum Gasteiger partial charge on any atom is 0.252 e. The number of ether oxygens (including phenoxy) is 1. The lowest BCUT2D eigenvalue weighted by atomic mass is 9.89. The topological polar surface area (TPSA) is 48.6 Å². The van der Waals surface area contributed by atoms with Gasteiger partial charge in [-0.25, -0.2) is 0 Å². The Labute approximate surface area is 221 Å². The summed E-state index contributed by atoms with van der Waals surface area (Å²) in [4.78, 5) is 21.2. The van der Waals surface area contributed by atoms with Crippen LogP contribution in [0.15, 0.2) is 71.2 Å². The average molecular weight is 567 g/mol. The molecule has 1 aromatic heterocycles. The van der Waals surface area contributed by atoms with Crippen molar-refractivity contribution in [1.29, 1.82) is 0 Å². The van der Waals surface area contributed by atoms with E-state index in [1.807, 2.05) is 54.6 Å². The first-order valence-corrected chi connectivity index (χ1v) is 12.8. The first-order valence-electron chi connectivity index (χ1n) is 11.3. The second kappa shape index (κ2) is 8.66. The van der Waals surface area contributed by atoms with Gasteiger partial charge in [0.2, 0.25) is 0 Å². The summed E-state index contributed by atoms with van der Waals surface area (Å²) in [5.74, 6) is 0.810. The minimum Gasteiger partial charge on any atom is -0.497 e. The number of nitrogens with one attached hydrogen (secondary N) is 1. The molecule has 0 bridgehead atoms. The Bertz CT molecular complexity index is 1470. The molecule has 4 aromatic rings. The van der Waals surface area contributed by atoms with Gasteiger partial charge < -0.3 is 14.6 Å². The van der Waals surface area contributed by atoms with Crippen LogP contribution in [0.3, 0.4) is 0 Å². The number of methoxy groups -OCH3 is 1. The van der Waals surface area contributed by atoms with E-state index in [2.05, 4.69) is 37.9 Å². The molecule has 0 saturated carbocycles. The summed E-state index contributed by atoms with van der Waals surface area (Å²) < 4.78 is 6.39. The number of thiocarbonyl (C=S) groups is 1. The fourth-order valence-corrected chi connectivity index (χ4v) is 6.07. The molecule has 2 aliphatic heterocycles. The molecule has 1 fully saturated rings. The molecule has 35 heavy (non-hydrogen) atoms. The highest BCUT2D eigenvalue weighted by atomic mass is 79.9. The molecule has 2 unspecified atom stereocenters. The molecule has 5 nitrogen and oxygen atoms in total. The smallest absolute Gasteiger partial charge is 0.252 e. The number of fused-ring (bicyclic) bond motifs is 4. The largest absolute Gasteiger partial charge is 0.497 e. The van der Waals surface area contributed by atoms with Crippen LogP contribution < -0.4 is 4.74 Å². The van der Waals surface area contributed by atoms with Crippen molar-refractivity contribution >= 4 is 61.7 Å². The van der Waals surface area contributed by atoms with Gasteiger partial charge in [0.05, 0.1) is 19.7 Å². The molecule has 6 rings (SSSR count). The standard InChI is InChI=1S/C27H21BrClN3O2S/c1-34-19-9-4-16(5-10-19)25-24-21(20-12-17(28)6-11-22(20)30-24)13-23-26(33)31(27(35)32(23)25)14-15-2-7-18(29)8-3-15/h2-12,23,25,30H,13-14H2,1H3. The van der Waals surface area contributed by atoms with Crippen LogP contribution in [0, 0.1) is 0 Å². The zero-order valence-corrected chi connectivity index (χ0v) is 22.0. The van der Waals surface area contributed by atoms with Crippen molar-refractivity contribution in [2.45, 2.75) is 25.0 Å². The Hall–Kier alpha value is -2.87. The number of nitrogens with zero attached hydrogens (tertiary/aromatic N) is 2. The summed E-state index contributed by atoms with van der Waals surface area (Å²) in [6.45, 7) is 0.414. The normalized spacial score (nSPS) is 19.3. The van der Waals surface area contributed by atoms with Crippen LogP contribution in [-0.2, 0) is 17.8 Å². The zero-order chi connectivity index (χ0) is 24.3.